The van der Waals surface area contributed by atoms with Gasteiger partial charge in [0.25, 0.3) is 0 Å². The molecule has 0 saturated carbocycles. The van der Waals surface area contributed by atoms with Crippen molar-refractivity contribution in [2.75, 3.05) is 26.2 Å². The van der Waals surface area contributed by atoms with Crippen LogP contribution in [-0.2, 0) is 0 Å². The van der Waals surface area contributed by atoms with Gasteiger partial charge >= 0.3 is 0 Å². The van der Waals surface area contributed by atoms with E-state index in [4.69, 9.17) is 0 Å². The van der Waals surface area contributed by atoms with Crippen molar-refractivity contribution < 1.29 is 0 Å². The Bertz CT molecular complexity index is 552. The molecule has 2 heterocycles. The molecule has 3 nitrogen and oxygen atoms in total. The van der Waals surface area contributed by atoms with Crippen LogP contribution in [0.15, 0.2) is 30.5 Å². The number of nitrogens with one attached hydrogen (secondary N) is 2. The van der Waals surface area contributed by atoms with E-state index in [2.05, 4.69) is 53.3 Å². The number of hydrogen-bond donors (Lipinski definition) is 2. The first kappa shape index (κ1) is 13.7. The lowest BCUT2D eigenvalue weighted by atomic mass is 9.94. The molecule has 1 aromatic heterocycles. The van der Waals surface area contributed by atoms with Gasteiger partial charge in [-0.25, -0.2) is 0 Å². The maximum atomic E-state index is 3.45. The van der Waals surface area contributed by atoms with Gasteiger partial charge in [0, 0.05) is 43.9 Å². The van der Waals surface area contributed by atoms with Crippen LogP contribution >= 0.6 is 0 Å². The lowest BCUT2D eigenvalue weighted by molar-refractivity contribution is 0.154. The van der Waals surface area contributed by atoms with Crippen molar-refractivity contribution in [3.63, 3.8) is 0 Å². The van der Waals surface area contributed by atoms with E-state index in [1.807, 2.05) is 6.20 Å². The van der Waals surface area contributed by atoms with Crippen molar-refractivity contribution in [2.24, 2.45) is 5.92 Å². The molecular formula is C17H25N3. The Morgan fingerprint density at radius 2 is 1.95 bits per heavy atom. The monoisotopic (exact) mass is 271 g/mol. The zero-order chi connectivity index (χ0) is 13.9. The zero-order valence-electron chi connectivity index (χ0n) is 12.5. The Balaban J connectivity index is 1.89. The number of hydrogen-bond acceptors (Lipinski definition) is 2. The lowest BCUT2D eigenvalue weighted by Crippen LogP contribution is -2.45. The van der Waals surface area contributed by atoms with Crippen molar-refractivity contribution in [1.29, 1.82) is 0 Å². The Kier molecular flexibility index (Phi) is 4.08. The van der Waals surface area contributed by atoms with E-state index in [-0.39, 0.29) is 0 Å². The Labute approximate surface area is 121 Å². The van der Waals surface area contributed by atoms with E-state index in [9.17, 15) is 0 Å². The molecule has 1 saturated heterocycles. The molecule has 0 unspecified atom stereocenters. The summed E-state index contributed by atoms with van der Waals surface area (Å²) in [6, 6.07) is 9.61. The summed E-state index contributed by atoms with van der Waals surface area (Å²) < 4.78 is 0. The first-order valence-corrected chi connectivity index (χ1v) is 7.76. The molecule has 1 aromatic carbocycles. The zero-order valence-corrected chi connectivity index (χ0v) is 12.5. The second-order valence-corrected chi connectivity index (χ2v) is 6.26. The van der Waals surface area contributed by atoms with E-state index < -0.39 is 0 Å². The third-order valence-electron chi connectivity index (χ3n) is 4.25. The third-order valence-corrected chi connectivity index (χ3v) is 4.25. The van der Waals surface area contributed by atoms with Gasteiger partial charge in [0.15, 0.2) is 0 Å². The van der Waals surface area contributed by atoms with E-state index >= 15 is 0 Å². The summed E-state index contributed by atoms with van der Waals surface area (Å²) in [6.07, 6.45) is 3.26. The van der Waals surface area contributed by atoms with Crippen LogP contribution in [0.2, 0.25) is 0 Å². The van der Waals surface area contributed by atoms with Gasteiger partial charge in [0.1, 0.15) is 0 Å². The highest BCUT2D eigenvalue weighted by molar-refractivity contribution is 5.80. The number of H-pyrrole nitrogens is 1. The van der Waals surface area contributed by atoms with Crippen molar-refractivity contribution in [3.8, 4) is 0 Å². The molecule has 0 aliphatic carbocycles. The number of rotatable bonds is 4. The minimum Gasteiger partial charge on any atom is -0.361 e. The smallest absolute Gasteiger partial charge is 0.0454 e. The van der Waals surface area contributed by atoms with E-state index in [0.717, 1.165) is 32.1 Å². The van der Waals surface area contributed by atoms with Crippen LogP contribution < -0.4 is 5.32 Å². The van der Waals surface area contributed by atoms with Crippen molar-refractivity contribution in [3.05, 3.63) is 36.0 Å². The SMILES string of the molecule is CC(C)C[C@H](c1ccc2[nH]ccc2c1)N1CCNCC1. The van der Waals surface area contributed by atoms with Gasteiger partial charge in [-0.3, -0.25) is 4.90 Å². The largest absolute Gasteiger partial charge is 0.361 e. The van der Waals surface area contributed by atoms with Gasteiger partial charge in [0.05, 0.1) is 0 Å². The quantitative estimate of drug-likeness (QED) is 0.895. The van der Waals surface area contributed by atoms with Crippen LogP contribution in [0.5, 0.6) is 0 Å². The van der Waals surface area contributed by atoms with Gasteiger partial charge < -0.3 is 10.3 Å². The molecule has 1 atom stereocenters. The molecule has 0 spiro atoms. The number of aromatic nitrogens is 1. The topological polar surface area (TPSA) is 31.1 Å². The molecule has 1 aliphatic heterocycles. The number of fused-ring (bicyclic) bond motifs is 1. The summed E-state index contributed by atoms with van der Waals surface area (Å²) in [5.74, 6) is 0.719. The average Bonchev–Trinajstić information content (AvgIpc) is 2.93. The van der Waals surface area contributed by atoms with E-state index in [0.29, 0.717) is 6.04 Å². The van der Waals surface area contributed by atoms with Crippen LogP contribution in [0.25, 0.3) is 10.9 Å². The van der Waals surface area contributed by atoms with Crippen LogP contribution in [0.4, 0.5) is 0 Å². The van der Waals surface area contributed by atoms with Crippen LogP contribution in [0.3, 0.4) is 0 Å². The molecular weight excluding hydrogens is 246 g/mol. The molecule has 2 aromatic rings. The molecule has 20 heavy (non-hydrogen) atoms. The Morgan fingerprint density at radius 1 is 1.15 bits per heavy atom. The minimum absolute atomic E-state index is 0.552. The first-order valence-electron chi connectivity index (χ1n) is 7.76. The summed E-state index contributed by atoms with van der Waals surface area (Å²) in [4.78, 5) is 5.93. The van der Waals surface area contributed by atoms with Crippen LogP contribution in [0.1, 0.15) is 31.9 Å². The lowest BCUT2D eigenvalue weighted by Gasteiger charge is -2.36. The van der Waals surface area contributed by atoms with Crippen LogP contribution in [0, 0.1) is 5.92 Å². The molecule has 2 N–H and O–H groups in total. The normalized spacial score (nSPS) is 18.8. The number of benzene rings is 1. The highest BCUT2D eigenvalue weighted by Gasteiger charge is 2.23. The molecule has 0 amide bonds. The number of aromatic amines is 1. The minimum atomic E-state index is 0.552. The second kappa shape index (κ2) is 5.98. The highest BCUT2D eigenvalue weighted by atomic mass is 15.2. The summed E-state index contributed by atoms with van der Waals surface area (Å²) >= 11 is 0. The Hall–Kier alpha value is -1.32. The molecule has 0 bridgehead atoms. The van der Waals surface area contributed by atoms with Gasteiger partial charge in [-0.05, 0) is 41.5 Å². The second-order valence-electron chi connectivity index (χ2n) is 6.26. The molecule has 1 aliphatic rings. The fourth-order valence-corrected chi connectivity index (χ4v) is 3.22. The van der Waals surface area contributed by atoms with Gasteiger partial charge in [-0.15, -0.1) is 0 Å². The van der Waals surface area contributed by atoms with Crippen molar-refractivity contribution in [1.82, 2.24) is 15.2 Å². The maximum Gasteiger partial charge on any atom is 0.0454 e. The van der Waals surface area contributed by atoms with Crippen molar-refractivity contribution >= 4 is 10.9 Å². The van der Waals surface area contributed by atoms with E-state index in [1.165, 1.54) is 22.9 Å². The van der Waals surface area contributed by atoms with E-state index in [1.54, 1.807) is 0 Å². The van der Waals surface area contributed by atoms with Crippen LogP contribution in [-0.4, -0.2) is 36.1 Å². The molecule has 0 radical (unpaired) electrons. The predicted octanol–water partition coefficient (Wildman–Crippen LogP) is 3.16. The highest BCUT2D eigenvalue weighted by Crippen LogP contribution is 2.30. The molecule has 3 rings (SSSR count). The fourth-order valence-electron chi connectivity index (χ4n) is 3.22. The molecule has 3 heteroatoms. The fraction of sp³-hybridized carbons (Fsp3) is 0.529. The summed E-state index contributed by atoms with van der Waals surface area (Å²) in [7, 11) is 0. The molecule has 1 fully saturated rings. The maximum absolute atomic E-state index is 3.45. The average molecular weight is 271 g/mol. The third kappa shape index (κ3) is 2.89. The van der Waals surface area contributed by atoms with Gasteiger partial charge in [-0.2, -0.15) is 0 Å². The molecule has 108 valence electrons. The number of piperazine rings is 1. The Morgan fingerprint density at radius 3 is 2.70 bits per heavy atom. The summed E-state index contributed by atoms with van der Waals surface area (Å²) in [6.45, 7) is 9.18. The summed E-state index contributed by atoms with van der Waals surface area (Å²) in [5.41, 5.74) is 2.70. The predicted molar refractivity (Wildman–Crippen MR) is 84.9 cm³/mol. The van der Waals surface area contributed by atoms with Crippen molar-refractivity contribution in [2.45, 2.75) is 26.3 Å². The first-order chi connectivity index (χ1) is 9.74. The van der Waals surface area contributed by atoms with Gasteiger partial charge in [0.2, 0.25) is 0 Å². The van der Waals surface area contributed by atoms with Gasteiger partial charge in [-0.1, -0.05) is 19.9 Å². The number of nitrogens with zero attached hydrogens (tertiary/aromatic N) is 1. The standard InChI is InChI=1S/C17H25N3/c1-13(2)11-17(20-9-7-18-8-10-20)15-3-4-16-14(12-15)5-6-19-16/h3-6,12-13,17-19H,7-11H2,1-2H3/t17-/m1/s1. The summed E-state index contributed by atoms with van der Waals surface area (Å²) in [5, 5.41) is 4.78.